The Labute approximate surface area is 53.5 Å². The Morgan fingerprint density at radius 3 is 2.57 bits per heavy atom. The predicted octanol–water partition coefficient (Wildman–Crippen LogP) is 0.634. The van der Waals surface area contributed by atoms with Gasteiger partial charge in [-0.05, 0) is 0 Å². The molecular formula is C3H8ClNOS. The second-order valence-electron chi connectivity index (χ2n) is 1.06. The zero-order valence-corrected chi connectivity index (χ0v) is 5.48. The molecule has 0 spiro atoms. The fourth-order valence-electron chi connectivity index (χ4n) is 0.328. The van der Waals surface area contributed by atoms with Crippen molar-refractivity contribution in [1.82, 2.24) is 4.72 Å². The van der Waals surface area contributed by atoms with Crippen LogP contribution >= 0.6 is 24.4 Å². The first-order valence-corrected chi connectivity index (χ1v) is 2.91. The lowest BCUT2D eigenvalue weighted by molar-refractivity contribution is 0.179. The molecule has 0 radical (unpaired) electrons. The highest BCUT2D eigenvalue weighted by Crippen LogP contribution is 1.96. The summed E-state index contributed by atoms with van der Waals surface area (Å²) >= 11 is 1.62. The van der Waals surface area contributed by atoms with E-state index in [2.05, 4.69) is 4.72 Å². The molecule has 0 aliphatic carbocycles. The molecular weight excluding hydrogens is 134 g/mol. The van der Waals surface area contributed by atoms with Gasteiger partial charge >= 0.3 is 0 Å². The molecule has 1 aliphatic rings. The summed E-state index contributed by atoms with van der Waals surface area (Å²) in [6.07, 6.45) is 0. The molecule has 1 fully saturated rings. The number of halogens is 1. The van der Waals surface area contributed by atoms with Crippen molar-refractivity contribution >= 4 is 24.4 Å². The number of nitrogens with one attached hydrogen (secondary N) is 1. The number of hydrogen-bond acceptors (Lipinski definition) is 3. The Bertz CT molecular complexity index is 30.4. The molecule has 0 aromatic heterocycles. The molecule has 0 unspecified atom stereocenters. The van der Waals surface area contributed by atoms with Crippen molar-refractivity contribution in [2.75, 3.05) is 19.1 Å². The lowest BCUT2D eigenvalue weighted by atomic mass is 10.7. The van der Waals surface area contributed by atoms with Crippen molar-refractivity contribution in [3.63, 3.8) is 0 Å². The van der Waals surface area contributed by atoms with Crippen molar-refractivity contribution in [3.05, 3.63) is 0 Å². The summed E-state index contributed by atoms with van der Waals surface area (Å²) in [6, 6.07) is 0. The monoisotopic (exact) mass is 141 g/mol. The van der Waals surface area contributed by atoms with E-state index in [4.69, 9.17) is 4.74 Å². The third-order valence-electron chi connectivity index (χ3n) is 0.593. The van der Waals surface area contributed by atoms with Gasteiger partial charge < -0.3 is 4.74 Å². The first kappa shape index (κ1) is 7.56. The lowest BCUT2D eigenvalue weighted by Gasteiger charge is -2.09. The third kappa shape index (κ3) is 3.17. The van der Waals surface area contributed by atoms with Crippen LogP contribution in [0.5, 0.6) is 0 Å². The topological polar surface area (TPSA) is 21.3 Å². The maximum Gasteiger partial charge on any atom is 0.106 e. The van der Waals surface area contributed by atoms with E-state index in [9.17, 15) is 0 Å². The van der Waals surface area contributed by atoms with E-state index in [0.717, 1.165) is 19.1 Å². The minimum absolute atomic E-state index is 0. The molecule has 0 atom stereocenters. The molecule has 0 aromatic rings. The molecule has 1 rings (SSSR count). The smallest absolute Gasteiger partial charge is 0.106 e. The summed E-state index contributed by atoms with van der Waals surface area (Å²) in [5.74, 6) is 0.806. The molecule has 2 nitrogen and oxygen atoms in total. The lowest BCUT2D eigenvalue weighted by Crippen LogP contribution is -2.19. The Kier molecular flexibility index (Phi) is 5.09. The molecule has 1 aliphatic heterocycles. The Balaban J connectivity index is 0.000000360. The molecule has 0 saturated carbocycles. The normalized spacial score (nSPS) is 20.6. The van der Waals surface area contributed by atoms with Crippen LogP contribution in [0.2, 0.25) is 0 Å². The average molecular weight is 142 g/mol. The van der Waals surface area contributed by atoms with Gasteiger partial charge in [0.1, 0.15) is 5.94 Å². The molecule has 4 heteroatoms. The molecule has 44 valence electrons. The van der Waals surface area contributed by atoms with E-state index in [-0.39, 0.29) is 12.4 Å². The van der Waals surface area contributed by atoms with Crippen LogP contribution in [0.4, 0.5) is 0 Å². The SMILES string of the molecule is C1COCSN1.Cl. The minimum Gasteiger partial charge on any atom is -0.368 e. The van der Waals surface area contributed by atoms with Crippen LogP contribution in [-0.2, 0) is 4.74 Å². The Morgan fingerprint density at radius 2 is 2.43 bits per heavy atom. The summed E-state index contributed by atoms with van der Waals surface area (Å²) in [5, 5.41) is 0. The highest BCUT2D eigenvalue weighted by molar-refractivity contribution is 7.97. The van der Waals surface area contributed by atoms with Gasteiger partial charge in [-0.1, -0.05) is 11.9 Å². The van der Waals surface area contributed by atoms with Crippen LogP contribution in [0.1, 0.15) is 0 Å². The van der Waals surface area contributed by atoms with Crippen molar-refractivity contribution in [1.29, 1.82) is 0 Å². The molecule has 1 N–H and O–H groups in total. The Hall–Kier alpha value is 0.560. The van der Waals surface area contributed by atoms with E-state index >= 15 is 0 Å². The van der Waals surface area contributed by atoms with Gasteiger partial charge in [0.25, 0.3) is 0 Å². The van der Waals surface area contributed by atoms with Crippen molar-refractivity contribution in [2.45, 2.75) is 0 Å². The number of rotatable bonds is 0. The molecule has 0 amide bonds. The summed E-state index contributed by atoms with van der Waals surface area (Å²) in [5.41, 5.74) is 0. The van der Waals surface area contributed by atoms with E-state index in [1.807, 2.05) is 0 Å². The quantitative estimate of drug-likeness (QED) is 0.501. The number of hydrogen-bond donors (Lipinski definition) is 1. The molecule has 1 heterocycles. The van der Waals surface area contributed by atoms with Crippen molar-refractivity contribution in [2.24, 2.45) is 0 Å². The van der Waals surface area contributed by atoms with Crippen LogP contribution in [0.3, 0.4) is 0 Å². The molecule has 1 saturated heterocycles. The van der Waals surface area contributed by atoms with Gasteiger partial charge in [0.2, 0.25) is 0 Å². The van der Waals surface area contributed by atoms with Gasteiger partial charge in [-0.3, -0.25) is 4.72 Å². The average Bonchev–Trinajstić information content (AvgIpc) is 1.72. The van der Waals surface area contributed by atoms with Gasteiger partial charge in [0.05, 0.1) is 6.61 Å². The van der Waals surface area contributed by atoms with Gasteiger partial charge in [-0.25, -0.2) is 0 Å². The maximum absolute atomic E-state index is 4.97. The third-order valence-corrected chi connectivity index (χ3v) is 1.29. The van der Waals surface area contributed by atoms with E-state index in [1.165, 1.54) is 0 Å². The summed E-state index contributed by atoms with van der Waals surface area (Å²) in [6.45, 7) is 1.86. The van der Waals surface area contributed by atoms with Gasteiger partial charge in [0, 0.05) is 6.54 Å². The first-order chi connectivity index (χ1) is 3.00. The van der Waals surface area contributed by atoms with Gasteiger partial charge in [-0.2, -0.15) is 0 Å². The zero-order valence-electron chi connectivity index (χ0n) is 3.85. The van der Waals surface area contributed by atoms with Crippen LogP contribution in [0.15, 0.2) is 0 Å². The molecule has 0 bridgehead atoms. The van der Waals surface area contributed by atoms with Crippen LogP contribution < -0.4 is 4.72 Å². The second-order valence-corrected chi connectivity index (χ2v) is 1.88. The highest BCUT2D eigenvalue weighted by atomic mass is 35.5. The van der Waals surface area contributed by atoms with E-state index in [0.29, 0.717) is 0 Å². The zero-order chi connectivity index (χ0) is 4.24. The first-order valence-electron chi connectivity index (χ1n) is 1.92. The summed E-state index contributed by atoms with van der Waals surface area (Å²) in [7, 11) is 0. The molecule has 7 heavy (non-hydrogen) atoms. The Morgan fingerprint density at radius 1 is 1.57 bits per heavy atom. The number of ether oxygens (including phenoxy) is 1. The fourth-order valence-corrected chi connectivity index (χ4v) is 0.840. The van der Waals surface area contributed by atoms with Crippen LogP contribution in [0, 0.1) is 0 Å². The van der Waals surface area contributed by atoms with Crippen molar-refractivity contribution < 1.29 is 4.74 Å². The standard InChI is InChI=1S/C3H7NOS.ClH/c1-2-5-3-6-4-1;/h4H,1-3H2;1H. The maximum atomic E-state index is 4.97. The van der Waals surface area contributed by atoms with Gasteiger partial charge in [-0.15, -0.1) is 12.4 Å². The van der Waals surface area contributed by atoms with Gasteiger partial charge in [0.15, 0.2) is 0 Å². The molecule has 0 aromatic carbocycles. The second kappa shape index (κ2) is 4.71. The summed E-state index contributed by atoms with van der Waals surface area (Å²) in [4.78, 5) is 0. The fraction of sp³-hybridized carbons (Fsp3) is 1.00. The van der Waals surface area contributed by atoms with E-state index in [1.54, 1.807) is 11.9 Å². The largest absolute Gasteiger partial charge is 0.368 e. The summed E-state index contributed by atoms with van der Waals surface area (Å²) < 4.78 is 8.05. The van der Waals surface area contributed by atoms with Crippen molar-refractivity contribution in [3.8, 4) is 0 Å². The van der Waals surface area contributed by atoms with Crippen LogP contribution in [-0.4, -0.2) is 19.1 Å². The minimum atomic E-state index is 0. The van der Waals surface area contributed by atoms with Crippen LogP contribution in [0.25, 0.3) is 0 Å². The predicted molar refractivity (Wildman–Crippen MR) is 33.7 cm³/mol. The highest BCUT2D eigenvalue weighted by Gasteiger charge is 1.93. The van der Waals surface area contributed by atoms with E-state index < -0.39 is 0 Å².